The van der Waals surface area contributed by atoms with Crippen LogP contribution in [0.1, 0.15) is 37.6 Å². The van der Waals surface area contributed by atoms with Crippen LogP contribution < -0.4 is 20.7 Å². The lowest BCUT2D eigenvalue weighted by Crippen LogP contribution is -2.40. The molecule has 0 radical (unpaired) electrons. The van der Waals surface area contributed by atoms with Crippen molar-refractivity contribution in [3.63, 3.8) is 0 Å². The number of carbonyl (C=O) groups excluding carboxylic acids is 1. The Balaban J connectivity index is 1.82. The fourth-order valence-corrected chi connectivity index (χ4v) is 3.59. The maximum atomic E-state index is 13.7. The molecule has 192 valence electrons. The number of halogens is 2. The van der Waals surface area contributed by atoms with E-state index in [4.69, 9.17) is 14.2 Å². The van der Waals surface area contributed by atoms with E-state index < -0.39 is 34.9 Å². The molecule has 0 aliphatic rings. The van der Waals surface area contributed by atoms with Crippen molar-refractivity contribution in [1.29, 1.82) is 0 Å². The van der Waals surface area contributed by atoms with Gasteiger partial charge in [0.05, 0.1) is 18.5 Å². The first-order valence-corrected chi connectivity index (χ1v) is 11.3. The molecule has 0 fully saturated rings. The Bertz CT molecular complexity index is 1360. The van der Waals surface area contributed by atoms with Gasteiger partial charge in [-0.25, -0.2) is 22.9 Å². The third-order valence-corrected chi connectivity index (χ3v) is 5.64. The quantitative estimate of drug-likeness (QED) is 0.415. The molecule has 0 saturated carbocycles. The van der Waals surface area contributed by atoms with Crippen molar-refractivity contribution in [1.82, 2.24) is 9.13 Å². The molecule has 0 spiro atoms. The highest BCUT2D eigenvalue weighted by molar-refractivity contribution is 5.74. The average molecular weight is 503 g/mol. The van der Waals surface area contributed by atoms with Crippen LogP contribution in [0.25, 0.3) is 5.69 Å². The molecule has 0 bridgehead atoms. The van der Waals surface area contributed by atoms with Crippen LogP contribution in [0.5, 0.6) is 11.5 Å². The number of aromatic nitrogens is 2. The van der Waals surface area contributed by atoms with Crippen LogP contribution in [0.15, 0.2) is 58.1 Å². The summed E-state index contributed by atoms with van der Waals surface area (Å²) in [6, 6.07) is 12.5. The molecule has 0 saturated heterocycles. The number of hydrogen-bond acceptors (Lipinski definition) is 6. The maximum absolute atomic E-state index is 13.7. The van der Waals surface area contributed by atoms with Crippen molar-refractivity contribution in [2.45, 2.75) is 45.8 Å². The fraction of sp³-hybridized carbons (Fsp3) is 0.346. The smallest absolute Gasteiger partial charge is 0.346 e. The van der Waals surface area contributed by atoms with Gasteiger partial charge in [0, 0.05) is 25.6 Å². The zero-order chi connectivity index (χ0) is 26.6. The molecule has 1 unspecified atom stereocenters. The van der Waals surface area contributed by atoms with E-state index in [0.29, 0.717) is 24.0 Å². The minimum Gasteiger partial charge on any atom is -0.489 e. The first kappa shape index (κ1) is 26.7. The molecule has 3 aromatic rings. The van der Waals surface area contributed by atoms with Gasteiger partial charge in [0.15, 0.2) is 6.10 Å². The Labute approximate surface area is 206 Å². The predicted octanol–water partition coefficient (Wildman–Crippen LogP) is 3.73. The molecule has 3 rings (SSSR count). The van der Waals surface area contributed by atoms with Gasteiger partial charge in [0.2, 0.25) is 0 Å². The molecule has 1 aromatic heterocycles. The number of nitrogens with zero attached hydrogens (tertiary/aromatic N) is 2. The van der Waals surface area contributed by atoms with E-state index in [1.165, 1.54) is 26.3 Å². The third-order valence-electron chi connectivity index (χ3n) is 5.64. The lowest BCUT2D eigenvalue weighted by Gasteiger charge is -2.17. The van der Waals surface area contributed by atoms with E-state index in [-0.39, 0.29) is 12.3 Å². The van der Waals surface area contributed by atoms with Crippen LogP contribution in [-0.4, -0.2) is 28.3 Å². The van der Waals surface area contributed by atoms with Gasteiger partial charge in [-0.05, 0) is 49.2 Å². The van der Waals surface area contributed by atoms with E-state index in [0.717, 1.165) is 27.2 Å². The van der Waals surface area contributed by atoms with Crippen LogP contribution >= 0.6 is 0 Å². The Morgan fingerprint density at radius 2 is 1.75 bits per heavy atom. The minimum absolute atomic E-state index is 0.120. The summed E-state index contributed by atoms with van der Waals surface area (Å²) in [6.07, 6.45) is -0.0264. The molecule has 36 heavy (non-hydrogen) atoms. The van der Waals surface area contributed by atoms with Gasteiger partial charge in [-0.2, -0.15) is 0 Å². The zero-order valence-corrected chi connectivity index (χ0v) is 20.7. The lowest BCUT2D eigenvalue weighted by molar-refractivity contribution is -0.147. The predicted molar refractivity (Wildman–Crippen MR) is 129 cm³/mol. The monoisotopic (exact) mass is 502 g/mol. The number of hydrogen-bond donors (Lipinski definition) is 0. The molecule has 0 aliphatic heterocycles. The summed E-state index contributed by atoms with van der Waals surface area (Å²) < 4.78 is 45.4. The Morgan fingerprint density at radius 3 is 2.33 bits per heavy atom. The Morgan fingerprint density at radius 1 is 1.08 bits per heavy atom. The normalized spacial score (nSPS) is 12.2. The molecule has 0 N–H and O–H groups in total. The summed E-state index contributed by atoms with van der Waals surface area (Å²) in [5, 5.41) is 0. The Kier molecular flexibility index (Phi) is 7.96. The number of rotatable bonds is 9. The van der Waals surface area contributed by atoms with Gasteiger partial charge in [0.25, 0.3) is 11.5 Å². The molecular weight excluding hydrogens is 474 g/mol. The van der Waals surface area contributed by atoms with Gasteiger partial charge >= 0.3 is 11.7 Å². The molecule has 2 aromatic carbocycles. The van der Waals surface area contributed by atoms with E-state index >= 15 is 0 Å². The number of methoxy groups -OCH3 is 1. The minimum atomic E-state index is -3.34. The Hall–Kier alpha value is -3.95. The SMILES string of the molecule is CCc1ccc(COc2ccc(-n3c(=O)cc(C(C)(F)F)n(C)c3=O)cc2)c(OC(C)C(=O)OC)c1. The fourth-order valence-electron chi connectivity index (χ4n) is 3.59. The van der Waals surface area contributed by atoms with Crippen LogP contribution in [-0.2, 0) is 35.5 Å². The number of carbonyl (C=O) groups is 1. The first-order chi connectivity index (χ1) is 17.0. The van der Waals surface area contributed by atoms with E-state index in [1.807, 2.05) is 25.1 Å². The second kappa shape index (κ2) is 10.8. The molecular formula is C26H28F2N2O6. The van der Waals surface area contributed by atoms with Gasteiger partial charge in [-0.1, -0.05) is 19.1 Å². The number of esters is 1. The van der Waals surface area contributed by atoms with Crippen molar-refractivity contribution in [2.24, 2.45) is 7.05 Å². The van der Waals surface area contributed by atoms with Crippen molar-refractivity contribution in [3.8, 4) is 17.2 Å². The van der Waals surface area contributed by atoms with Gasteiger partial charge < -0.3 is 14.2 Å². The number of ether oxygens (including phenoxy) is 3. The largest absolute Gasteiger partial charge is 0.489 e. The first-order valence-electron chi connectivity index (χ1n) is 11.3. The van der Waals surface area contributed by atoms with Crippen molar-refractivity contribution in [2.75, 3.05) is 7.11 Å². The summed E-state index contributed by atoms with van der Waals surface area (Å²) in [5.74, 6) is -2.91. The van der Waals surface area contributed by atoms with E-state index in [1.54, 1.807) is 19.1 Å². The van der Waals surface area contributed by atoms with Crippen LogP contribution in [0, 0.1) is 0 Å². The standard InChI is InChI=1S/C26H28F2N2O6/c1-6-17-7-8-18(21(13-17)36-16(2)24(32)34-5)15-35-20-11-9-19(10-12-20)30-23(31)14-22(26(3,27)28)29(4)25(30)33/h7-14,16H,6,15H2,1-5H3. The van der Waals surface area contributed by atoms with Gasteiger partial charge in [-0.15, -0.1) is 0 Å². The number of benzene rings is 2. The summed E-state index contributed by atoms with van der Waals surface area (Å²) >= 11 is 0. The van der Waals surface area contributed by atoms with Crippen molar-refractivity contribution >= 4 is 5.97 Å². The number of aryl methyl sites for hydroxylation is 1. The molecule has 10 heteroatoms. The molecule has 8 nitrogen and oxygen atoms in total. The van der Waals surface area contributed by atoms with Crippen molar-refractivity contribution in [3.05, 3.63) is 86.2 Å². The maximum Gasteiger partial charge on any atom is 0.346 e. The van der Waals surface area contributed by atoms with Crippen molar-refractivity contribution < 1.29 is 27.8 Å². The highest BCUT2D eigenvalue weighted by atomic mass is 19.3. The van der Waals surface area contributed by atoms with Gasteiger partial charge in [-0.3, -0.25) is 9.36 Å². The topological polar surface area (TPSA) is 88.8 Å². The second-order valence-corrected chi connectivity index (χ2v) is 8.29. The summed E-state index contributed by atoms with van der Waals surface area (Å²) in [5.41, 5.74) is -0.474. The molecule has 1 atom stereocenters. The number of alkyl halides is 2. The molecule has 1 heterocycles. The highest BCUT2D eigenvalue weighted by Gasteiger charge is 2.29. The molecule has 0 aliphatic carbocycles. The van der Waals surface area contributed by atoms with E-state index in [9.17, 15) is 23.2 Å². The summed E-state index contributed by atoms with van der Waals surface area (Å²) in [4.78, 5) is 36.8. The van der Waals surface area contributed by atoms with E-state index in [2.05, 4.69) is 0 Å². The van der Waals surface area contributed by atoms with Crippen LogP contribution in [0.4, 0.5) is 8.78 Å². The van der Waals surface area contributed by atoms with Gasteiger partial charge in [0.1, 0.15) is 18.1 Å². The third kappa shape index (κ3) is 5.81. The summed E-state index contributed by atoms with van der Waals surface area (Å²) in [6.45, 7) is 4.34. The average Bonchev–Trinajstić information content (AvgIpc) is 2.84. The lowest BCUT2D eigenvalue weighted by atomic mass is 10.1. The van der Waals surface area contributed by atoms with Crippen LogP contribution in [0.3, 0.4) is 0 Å². The highest BCUT2D eigenvalue weighted by Crippen LogP contribution is 2.26. The van der Waals surface area contributed by atoms with Crippen LogP contribution in [0.2, 0.25) is 0 Å². The molecule has 0 amide bonds. The zero-order valence-electron chi connectivity index (χ0n) is 20.7. The second-order valence-electron chi connectivity index (χ2n) is 8.29. The summed E-state index contributed by atoms with van der Waals surface area (Å²) in [7, 11) is 2.47.